The summed E-state index contributed by atoms with van der Waals surface area (Å²) >= 11 is 0. The van der Waals surface area contributed by atoms with Crippen LogP contribution in [0.2, 0.25) is 0 Å². The molecule has 5 nitrogen and oxygen atoms in total. The molecule has 21 heavy (non-hydrogen) atoms. The van der Waals surface area contributed by atoms with Crippen molar-refractivity contribution in [3.8, 4) is 0 Å². The van der Waals surface area contributed by atoms with Gasteiger partial charge in [-0.3, -0.25) is 9.69 Å². The summed E-state index contributed by atoms with van der Waals surface area (Å²) in [7, 11) is 2.10. The van der Waals surface area contributed by atoms with Crippen molar-refractivity contribution in [2.45, 2.75) is 13.0 Å². The van der Waals surface area contributed by atoms with Crippen LogP contribution < -0.4 is 10.6 Å². The molecule has 5 heteroatoms. The van der Waals surface area contributed by atoms with Crippen LogP contribution in [0, 0.1) is 0 Å². The molecule has 1 atom stereocenters. The molecule has 0 aliphatic carbocycles. The Morgan fingerprint density at radius 1 is 1.33 bits per heavy atom. The molecule has 1 aliphatic rings. The number of rotatable bonds is 5. The molecule has 0 radical (unpaired) electrons. The molecule has 0 aromatic heterocycles. The summed E-state index contributed by atoms with van der Waals surface area (Å²) in [6, 6.07) is 10.1. The van der Waals surface area contributed by atoms with Crippen molar-refractivity contribution in [3.05, 3.63) is 30.3 Å². The molecule has 0 bridgehead atoms. The maximum atomic E-state index is 12.6. The third-order valence-electron chi connectivity index (χ3n) is 4.10. The highest BCUT2D eigenvalue weighted by molar-refractivity contribution is 5.94. The largest absolute Gasteiger partial charge is 0.329 e. The van der Waals surface area contributed by atoms with E-state index in [1.165, 1.54) is 0 Å². The van der Waals surface area contributed by atoms with Gasteiger partial charge in [-0.1, -0.05) is 18.2 Å². The van der Waals surface area contributed by atoms with Crippen LogP contribution in [-0.2, 0) is 4.79 Å². The Morgan fingerprint density at radius 3 is 2.67 bits per heavy atom. The number of benzene rings is 1. The summed E-state index contributed by atoms with van der Waals surface area (Å²) in [5, 5.41) is 0. The van der Waals surface area contributed by atoms with E-state index < -0.39 is 0 Å². The van der Waals surface area contributed by atoms with Gasteiger partial charge >= 0.3 is 0 Å². The molecule has 1 amide bonds. The number of anilines is 1. The van der Waals surface area contributed by atoms with Crippen molar-refractivity contribution in [1.29, 1.82) is 0 Å². The van der Waals surface area contributed by atoms with Gasteiger partial charge in [0.15, 0.2) is 0 Å². The van der Waals surface area contributed by atoms with Gasteiger partial charge in [-0.25, -0.2) is 0 Å². The van der Waals surface area contributed by atoms with E-state index in [2.05, 4.69) is 16.8 Å². The van der Waals surface area contributed by atoms with Gasteiger partial charge in [0.25, 0.3) is 0 Å². The highest BCUT2D eigenvalue weighted by Gasteiger charge is 2.27. The van der Waals surface area contributed by atoms with Gasteiger partial charge in [0.1, 0.15) is 0 Å². The first kappa shape index (κ1) is 15.9. The molecule has 0 saturated carbocycles. The number of hydrogen-bond acceptors (Lipinski definition) is 4. The lowest BCUT2D eigenvalue weighted by Crippen LogP contribution is -2.57. The molecule has 1 heterocycles. The number of hydrogen-bond donors (Lipinski definition) is 1. The molecular weight excluding hydrogens is 264 g/mol. The van der Waals surface area contributed by atoms with Crippen molar-refractivity contribution in [1.82, 2.24) is 9.80 Å². The number of carbonyl (C=O) groups excluding carboxylic acids is 1. The van der Waals surface area contributed by atoms with Crippen molar-refractivity contribution >= 4 is 11.6 Å². The van der Waals surface area contributed by atoms with Gasteiger partial charge in [0, 0.05) is 44.5 Å². The van der Waals surface area contributed by atoms with Crippen molar-refractivity contribution in [2.75, 3.05) is 51.2 Å². The second-order valence-corrected chi connectivity index (χ2v) is 5.60. The minimum atomic E-state index is 0.145. The third kappa shape index (κ3) is 4.03. The average Bonchev–Trinajstić information content (AvgIpc) is 2.51. The number of piperazine rings is 1. The molecule has 1 aromatic rings. The van der Waals surface area contributed by atoms with Gasteiger partial charge in [-0.2, -0.15) is 0 Å². The molecule has 1 unspecified atom stereocenters. The molecule has 1 fully saturated rings. The fourth-order valence-electron chi connectivity index (χ4n) is 2.85. The molecular formula is C16H26N4O. The summed E-state index contributed by atoms with van der Waals surface area (Å²) in [4.78, 5) is 18.9. The number of para-hydroxylation sites is 1. The van der Waals surface area contributed by atoms with E-state index in [4.69, 9.17) is 5.73 Å². The van der Waals surface area contributed by atoms with Crippen LogP contribution in [0.15, 0.2) is 30.3 Å². The highest BCUT2D eigenvalue weighted by Crippen LogP contribution is 2.15. The van der Waals surface area contributed by atoms with E-state index in [1.807, 2.05) is 42.2 Å². The van der Waals surface area contributed by atoms with E-state index in [0.717, 1.165) is 25.3 Å². The fourth-order valence-corrected chi connectivity index (χ4v) is 2.85. The Kier molecular flexibility index (Phi) is 5.73. The van der Waals surface area contributed by atoms with Crippen LogP contribution >= 0.6 is 0 Å². The van der Waals surface area contributed by atoms with Crippen LogP contribution in [0.5, 0.6) is 0 Å². The number of nitrogens with zero attached hydrogens (tertiary/aromatic N) is 3. The Balaban J connectivity index is 2.02. The van der Waals surface area contributed by atoms with Crippen molar-refractivity contribution in [3.63, 3.8) is 0 Å². The lowest BCUT2D eigenvalue weighted by Gasteiger charge is -2.39. The number of carbonyl (C=O) groups is 1. The maximum Gasteiger partial charge on any atom is 0.241 e. The first-order valence-electron chi connectivity index (χ1n) is 7.63. The second kappa shape index (κ2) is 7.54. The Hall–Kier alpha value is -1.43. The zero-order valence-electron chi connectivity index (χ0n) is 13.0. The Labute approximate surface area is 127 Å². The van der Waals surface area contributed by atoms with Crippen LogP contribution in [0.25, 0.3) is 0 Å². The van der Waals surface area contributed by atoms with Crippen LogP contribution in [-0.4, -0.2) is 68.1 Å². The Morgan fingerprint density at radius 2 is 2.05 bits per heavy atom. The third-order valence-corrected chi connectivity index (χ3v) is 4.10. The van der Waals surface area contributed by atoms with Crippen LogP contribution in [0.1, 0.15) is 6.92 Å². The summed E-state index contributed by atoms with van der Waals surface area (Å²) in [5.74, 6) is 0.145. The van der Waals surface area contributed by atoms with E-state index in [1.54, 1.807) is 0 Å². The van der Waals surface area contributed by atoms with Gasteiger partial charge in [-0.05, 0) is 26.1 Å². The van der Waals surface area contributed by atoms with Crippen LogP contribution in [0.3, 0.4) is 0 Å². The minimum Gasteiger partial charge on any atom is -0.329 e. The number of likely N-dealkylation sites (N-methyl/N-ethyl adjacent to an activating group) is 2. The summed E-state index contributed by atoms with van der Waals surface area (Å²) in [6.07, 6.45) is 0. The molecule has 1 aliphatic heterocycles. The topological polar surface area (TPSA) is 52.8 Å². The first-order valence-corrected chi connectivity index (χ1v) is 7.63. The minimum absolute atomic E-state index is 0.145. The summed E-state index contributed by atoms with van der Waals surface area (Å²) in [6.45, 7) is 6.55. The molecule has 0 spiro atoms. The van der Waals surface area contributed by atoms with E-state index >= 15 is 0 Å². The molecule has 1 saturated heterocycles. The monoisotopic (exact) mass is 290 g/mol. The molecule has 116 valence electrons. The van der Waals surface area contributed by atoms with Gasteiger partial charge in [-0.15, -0.1) is 0 Å². The Bertz CT molecular complexity index is 451. The lowest BCUT2D eigenvalue weighted by molar-refractivity contribution is -0.120. The first-order chi connectivity index (χ1) is 10.2. The summed E-state index contributed by atoms with van der Waals surface area (Å²) in [5.41, 5.74) is 6.82. The fraction of sp³-hybridized carbons (Fsp3) is 0.562. The smallest absolute Gasteiger partial charge is 0.241 e. The SMILES string of the molecule is CCN(C(=O)CN1CCN(C)CC1CN)c1ccccc1. The predicted molar refractivity (Wildman–Crippen MR) is 86.4 cm³/mol. The van der Waals surface area contributed by atoms with Gasteiger partial charge in [0.05, 0.1) is 6.54 Å². The van der Waals surface area contributed by atoms with Gasteiger partial charge in [0.2, 0.25) is 5.91 Å². The highest BCUT2D eigenvalue weighted by atomic mass is 16.2. The van der Waals surface area contributed by atoms with Gasteiger partial charge < -0.3 is 15.5 Å². The average molecular weight is 290 g/mol. The number of nitrogens with two attached hydrogens (primary N) is 1. The standard InChI is InChI=1S/C16H26N4O/c1-3-20(14-7-5-4-6-8-14)16(21)13-19-10-9-18(2)12-15(19)11-17/h4-8,15H,3,9-13,17H2,1-2H3. The lowest BCUT2D eigenvalue weighted by atomic mass is 10.1. The van der Waals surface area contributed by atoms with E-state index in [9.17, 15) is 4.79 Å². The van der Waals surface area contributed by atoms with Crippen LogP contribution in [0.4, 0.5) is 5.69 Å². The van der Waals surface area contributed by atoms with Crippen molar-refractivity contribution < 1.29 is 4.79 Å². The second-order valence-electron chi connectivity index (χ2n) is 5.60. The number of amides is 1. The molecule has 2 rings (SSSR count). The van der Waals surface area contributed by atoms with E-state index in [0.29, 0.717) is 19.6 Å². The molecule has 1 aromatic carbocycles. The zero-order chi connectivity index (χ0) is 15.2. The predicted octanol–water partition coefficient (Wildman–Crippen LogP) is 0.614. The zero-order valence-corrected chi connectivity index (χ0v) is 13.0. The molecule has 2 N–H and O–H groups in total. The van der Waals surface area contributed by atoms with Crippen molar-refractivity contribution in [2.24, 2.45) is 5.73 Å². The van der Waals surface area contributed by atoms with E-state index in [-0.39, 0.29) is 11.9 Å². The summed E-state index contributed by atoms with van der Waals surface area (Å²) < 4.78 is 0. The quantitative estimate of drug-likeness (QED) is 0.863. The normalized spacial score (nSPS) is 20.4. The maximum absolute atomic E-state index is 12.6.